The van der Waals surface area contributed by atoms with Gasteiger partial charge >= 0.3 is 0 Å². The Kier molecular flexibility index (Phi) is 4.62. The van der Waals surface area contributed by atoms with Crippen LogP contribution in [0.1, 0.15) is 43.0 Å². The van der Waals surface area contributed by atoms with Crippen molar-refractivity contribution in [1.82, 2.24) is 0 Å². The third kappa shape index (κ3) is 2.94. The predicted molar refractivity (Wildman–Crippen MR) is 111 cm³/mol. The number of nitrogens with zero attached hydrogens (tertiary/aromatic N) is 1. The molecule has 1 heterocycles. The van der Waals surface area contributed by atoms with Crippen molar-refractivity contribution < 1.29 is 0 Å². The summed E-state index contributed by atoms with van der Waals surface area (Å²) in [5.74, 6) is 0. The second-order valence-corrected chi connectivity index (χ2v) is 7.01. The van der Waals surface area contributed by atoms with E-state index < -0.39 is 0 Å². The van der Waals surface area contributed by atoms with Crippen molar-refractivity contribution in [3.05, 3.63) is 107 Å². The fourth-order valence-electron chi connectivity index (χ4n) is 4.14. The Hall–Kier alpha value is -2.80. The average Bonchev–Trinajstić information content (AvgIpc) is 2.70. The highest BCUT2D eigenvalue weighted by atomic mass is 15.2. The van der Waals surface area contributed by atoms with Gasteiger partial charge in [0.1, 0.15) is 0 Å². The molecule has 1 aliphatic rings. The van der Waals surface area contributed by atoms with Crippen LogP contribution in [-0.4, -0.2) is 0 Å². The quantitative estimate of drug-likeness (QED) is 0.515. The van der Waals surface area contributed by atoms with Gasteiger partial charge in [-0.2, -0.15) is 0 Å². The number of hydrogen-bond acceptors (Lipinski definition) is 1. The lowest BCUT2D eigenvalue weighted by Crippen LogP contribution is -2.31. The van der Waals surface area contributed by atoms with Crippen molar-refractivity contribution in [1.29, 1.82) is 0 Å². The van der Waals surface area contributed by atoms with Crippen LogP contribution in [0.15, 0.2) is 90.5 Å². The van der Waals surface area contributed by atoms with Gasteiger partial charge in [-0.25, -0.2) is 0 Å². The molecule has 1 heteroatoms. The van der Waals surface area contributed by atoms with Crippen LogP contribution in [0.25, 0.3) is 5.70 Å². The van der Waals surface area contributed by atoms with Gasteiger partial charge in [0.2, 0.25) is 0 Å². The molecule has 3 aromatic carbocycles. The van der Waals surface area contributed by atoms with Gasteiger partial charge in [-0.1, -0.05) is 85.8 Å². The topological polar surface area (TPSA) is 3.24 Å². The maximum Gasteiger partial charge on any atom is 0.0589 e. The van der Waals surface area contributed by atoms with E-state index in [0.717, 1.165) is 12.8 Å². The van der Waals surface area contributed by atoms with E-state index in [-0.39, 0.29) is 0 Å². The van der Waals surface area contributed by atoms with Crippen molar-refractivity contribution in [2.24, 2.45) is 0 Å². The van der Waals surface area contributed by atoms with Crippen LogP contribution < -0.4 is 4.90 Å². The Morgan fingerprint density at radius 3 is 2.12 bits per heavy atom. The first-order chi connectivity index (χ1) is 12.8. The lowest BCUT2D eigenvalue weighted by Gasteiger charge is -2.41. The molecule has 0 aromatic heterocycles. The van der Waals surface area contributed by atoms with Crippen LogP contribution in [0.2, 0.25) is 0 Å². The maximum atomic E-state index is 2.57. The number of para-hydroxylation sites is 1. The van der Waals surface area contributed by atoms with Crippen molar-refractivity contribution >= 4 is 11.4 Å². The zero-order valence-corrected chi connectivity index (χ0v) is 15.5. The van der Waals surface area contributed by atoms with Crippen LogP contribution in [0.3, 0.4) is 0 Å². The molecule has 3 aromatic rings. The molecule has 0 bridgehead atoms. The highest BCUT2D eigenvalue weighted by molar-refractivity contribution is 5.86. The fraction of sp³-hybridized carbons (Fsp3) is 0.200. The van der Waals surface area contributed by atoms with Crippen molar-refractivity contribution in [3.8, 4) is 0 Å². The molecule has 0 radical (unpaired) electrons. The summed E-state index contributed by atoms with van der Waals surface area (Å²) in [6.07, 6.45) is 2.07. The molecule has 1 nitrogen and oxygen atoms in total. The van der Waals surface area contributed by atoms with Gasteiger partial charge in [0.15, 0.2) is 0 Å². The monoisotopic (exact) mass is 339 g/mol. The molecule has 4 rings (SSSR count). The predicted octanol–water partition coefficient (Wildman–Crippen LogP) is 6.63. The molecule has 0 saturated carbocycles. The lowest BCUT2D eigenvalue weighted by atomic mass is 9.90. The summed E-state index contributed by atoms with van der Waals surface area (Å²) in [5.41, 5.74) is 8.22. The van der Waals surface area contributed by atoms with Gasteiger partial charge in [0.05, 0.1) is 6.04 Å². The fourth-order valence-corrected chi connectivity index (χ4v) is 4.14. The largest absolute Gasteiger partial charge is 0.333 e. The van der Waals surface area contributed by atoms with Crippen LogP contribution in [0.4, 0.5) is 5.69 Å². The summed E-state index contributed by atoms with van der Waals surface area (Å²) < 4.78 is 0. The molecule has 0 unspecified atom stereocenters. The minimum absolute atomic E-state index is 0.322. The minimum atomic E-state index is 0.322. The van der Waals surface area contributed by atoms with E-state index in [0.29, 0.717) is 6.04 Å². The standard InChI is InChI=1S/C25H25N/c1-3-23(20-12-6-4-7-13-20)26-24-17-11-10-16-22(24)18-19(2)25(26)21-14-8-5-9-15-21/h4-17,23H,3,18H2,1-2H3/t23-/m0/s1. The van der Waals surface area contributed by atoms with Gasteiger partial charge in [0, 0.05) is 11.4 Å². The van der Waals surface area contributed by atoms with Gasteiger partial charge in [-0.05, 0) is 48.1 Å². The molecule has 0 spiro atoms. The summed E-state index contributed by atoms with van der Waals surface area (Å²) in [4.78, 5) is 2.57. The number of fused-ring (bicyclic) bond motifs is 1. The van der Waals surface area contributed by atoms with Gasteiger partial charge in [-0.3, -0.25) is 0 Å². The molecule has 1 aliphatic heterocycles. The van der Waals surface area contributed by atoms with Crippen LogP contribution in [0.5, 0.6) is 0 Å². The molecule has 0 aliphatic carbocycles. The van der Waals surface area contributed by atoms with E-state index in [9.17, 15) is 0 Å². The lowest BCUT2D eigenvalue weighted by molar-refractivity contribution is 0.667. The van der Waals surface area contributed by atoms with E-state index in [4.69, 9.17) is 0 Å². The molecule has 26 heavy (non-hydrogen) atoms. The van der Waals surface area contributed by atoms with Crippen LogP contribution in [0, 0.1) is 0 Å². The van der Waals surface area contributed by atoms with E-state index in [1.54, 1.807) is 0 Å². The van der Waals surface area contributed by atoms with Crippen LogP contribution >= 0.6 is 0 Å². The number of rotatable bonds is 4. The van der Waals surface area contributed by atoms with Gasteiger partial charge < -0.3 is 4.90 Å². The highest BCUT2D eigenvalue weighted by Gasteiger charge is 2.29. The number of hydrogen-bond donors (Lipinski definition) is 0. The summed E-state index contributed by atoms with van der Waals surface area (Å²) in [7, 11) is 0. The molecule has 0 amide bonds. The third-order valence-electron chi connectivity index (χ3n) is 5.28. The van der Waals surface area contributed by atoms with E-state index in [1.165, 1.54) is 33.6 Å². The summed E-state index contributed by atoms with van der Waals surface area (Å²) in [6, 6.07) is 30.9. The Morgan fingerprint density at radius 1 is 0.808 bits per heavy atom. The van der Waals surface area contributed by atoms with E-state index in [2.05, 4.69) is 104 Å². The first-order valence-electron chi connectivity index (χ1n) is 9.47. The van der Waals surface area contributed by atoms with E-state index in [1.807, 2.05) is 0 Å². The van der Waals surface area contributed by atoms with Crippen LogP contribution in [-0.2, 0) is 6.42 Å². The number of allylic oxidation sites excluding steroid dienone is 1. The van der Waals surface area contributed by atoms with Crippen molar-refractivity contribution in [2.75, 3.05) is 4.90 Å². The summed E-state index contributed by atoms with van der Waals surface area (Å²) in [6.45, 7) is 4.57. The van der Waals surface area contributed by atoms with Crippen molar-refractivity contribution in [3.63, 3.8) is 0 Å². The Morgan fingerprint density at radius 2 is 1.42 bits per heavy atom. The highest BCUT2D eigenvalue weighted by Crippen LogP contribution is 2.44. The Balaban J connectivity index is 1.92. The molecule has 130 valence electrons. The first-order valence-corrected chi connectivity index (χ1v) is 9.47. The van der Waals surface area contributed by atoms with Gasteiger partial charge in [-0.15, -0.1) is 0 Å². The zero-order valence-electron chi connectivity index (χ0n) is 15.5. The molecule has 0 fully saturated rings. The van der Waals surface area contributed by atoms with Crippen molar-refractivity contribution in [2.45, 2.75) is 32.7 Å². The second kappa shape index (κ2) is 7.21. The zero-order chi connectivity index (χ0) is 17.9. The second-order valence-electron chi connectivity index (χ2n) is 7.01. The molecule has 0 N–H and O–H groups in total. The minimum Gasteiger partial charge on any atom is -0.333 e. The summed E-state index contributed by atoms with van der Waals surface area (Å²) >= 11 is 0. The Labute approximate surface area is 156 Å². The Bertz CT molecular complexity index is 909. The molecular formula is C25H25N. The average molecular weight is 339 g/mol. The molecule has 0 saturated heterocycles. The molecule has 1 atom stereocenters. The summed E-state index contributed by atoms with van der Waals surface area (Å²) in [5, 5.41) is 0. The number of benzene rings is 3. The van der Waals surface area contributed by atoms with Gasteiger partial charge in [0.25, 0.3) is 0 Å². The first kappa shape index (κ1) is 16.7. The third-order valence-corrected chi connectivity index (χ3v) is 5.28. The van der Waals surface area contributed by atoms with E-state index >= 15 is 0 Å². The normalized spacial score (nSPS) is 14.9. The maximum absolute atomic E-state index is 2.57. The SMILES string of the molecule is CC[C@@H](c1ccccc1)N1C(c2ccccc2)=C(C)Cc2ccccc21. The molecular weight excluding hydrogens is 314 g/mol. The smallest absolute Gasteiger partial charge is 0.0589 e. The number of anilines is 1.